The molecule has 0 saturated heterocycles. The Morgan fingerprint density at radius 3 is 2.88 bits per heavy atom. The van der Waals surface area contributed by atoms with Gasteiger partial charge in [0.2, 0.25) is 11.0 Å². The van der Waals surface area contributed by atoms with E-state index < -0.39 is 0 Å². The molecular formula is C11H17N3OS2. The molecule has 1 saturated carbocycles. The minimum Gasteiger partial charge on any atom is -0.301 e. The van der Waals surface area contributed by atoms with E-state index in [1.807, 2.05) is 6.26 Å². The van der Waals surface area contributed by atoms with Crippen LogP contribution in [-0.4, -0.2) is 22.4 Å². The third-order valence-corrected chi connectivity index (χ3v) is 4.90. The summed E-state index contributed by atoms with van der Waals surface area (Å²) in [6, 6.07) is 0. The number of thioether (sulfide) groups is 1. The zero-order valence-corrected chi connectivity index (χ0v) is 11.6. The molecule has 2 rings (SSSR count). The van der Waals surface area contributed by atoms with E-state index in [1.165, 1.54) is 37.0 Å². The van der Waals surface area contributed by atoms with Crippen LogP contribution in [0, 0.1) is 5.92 Å². The molecule has 0 aliphatic heterocycles. The Morgan fingerprint density at radius 2 is 2.24 bits per heavy atom. The number of amides is 1. The second kappa shape index (κ2) is 6.35. The Balaban J connectivity index is 1.72. The molecule has 1 fully saturated rings. The lowest BCUT2D eigenvalue weighted by atomic mass is 10.0. The van der Waals surface area contributed by atoms with E-state index in [2.05, 4.69) is 15.5 Å². The molecule has 1 N–H and O–H groups in total. The van der Waals surface area contributed by atoms with Gasteiger partial charge in [0.25, 0.3) is 0 Å². The summed E-state index contributed by atoms with van der Waals surface area (Å²) in [5, 5.41) is 11.3. The molecular weight excluding hydrogens is 254 g/mol. The Bertz CT molecular complexity index is 375. The van der Waals surface area contributed by atoms with Gasteiger partial charge in [-0.15, -0.1) is 10.2 Å². The molecule has 0 atom stereocenters. The molecule has 0 bridgehead atoms. The van der Waals surface area contributed by atoms with Crippen LogP contribution in [0.2, 0.25) is 0 Å². The molecule has 1 aromatic heterocycles. The van der Waals surface area contributed by atoms with Crippen LogP contribution in [-0.2, 0) is 4.79 Å². The quantitative estimate of drug-likeness (QED) is 0.660. The van der Waals surface area contributed by atoms with Crippen molar-refractivity contribution in [3.05, 3.63) is 0 Å². The highest BCUT2D eigenvalue weighted by atomic mass is 32.2. The zero-order valence-electron chi connectivity index (χ0n) is 9.94. The van der Waals surface area contributed by atoms with E-state index >= 15 is 0 Å². The van der Waals surface area contributed by atoms with Gasteiger partial charge in [-0.2, -0.15) is 0 Å². The van der Waals surface area contributed by atoms with Crippen LogP contribution < -0.4 is 5.32 Å². The number of hydrogen-bond donors (Lipinski definition) is 1. The maximum atomic E-state index is 11.7. The van der Waals surface area contributed by atoms with Crippen molar-refractivity contribution in [1.29, 1.82) is 0 Å². The summed E-state index contributed by atoms with van der Waals surface area (Å²) in [5.41, 5.74) is 0. The fraction of sp³-hybridized carbons (Fsp3) is 0.727. The number of aromatic nitrogens is 2. The molecule has 0 spiro atoms. The number of rotatable bonds is 5. The largest absolute Gasteiger partial charge is 0.301 e. The lowest BCUT2D eigenvalue weighted by Gasteiger charge is -2.07. The van der Waals surface area contributed by atoms with Crippen LogP contribution in [0.1, 0.15) is 38.5 Å². The molecule has 0 unspecified atom stereocenters. The van der Waals surface area contributed by atoms with Crippen molar-refractivity contribution in [2.45, 2.75) is 42.9 Å². The standard InChI is InChI=1S/C11H17N3OS2/c1-16-11-14-13-10(17-11)12-9(15)7-6-8-4-2-3-5-8/h8H,2-7H2,1H3,(H,12,13,15). The van der Waals surface area contributed by atoms with Crippen LogP contribution >= 0.6 is 23.1 Å². The Kier molecular flexibility index (Phi) is 4.79. The number of hydrogen-bond acceptors (Lipinski definition) is 5. The lowest BCUT2D eigenvalue weighted by molar-refractivity contribution is -0.116. The minimum atomic E-state index is 0.0701. The van der Waals surface area contributed by atoms with Gasteiger partial charge in [0.05, 0.1) is 0 Å². The predicted molar refractivity (Wildman–Crippen MR) is 71.5 cm³/mol. The van der Waals surface area contributed by atoms with Crippen LogP contribution in [0.25, 0.3) is 0 Å². The van der Waals surface area contributed by atoms with Crippen LogP contribution in [0.4, 0.5) is 5.13 Å². The number of carbonyl (C=O) groups is 1. The van der Waals surface area contributed by atoms with Crippen LogP contribution in [0.15, 0.2) is 4.34 Å². The summed E-state index contributed by atoms with van der Waals surface area (Å²) in [7, 11) is 0. The number of nitrogens with zero attached hydrogens (tertiary/aromatic N) is 2. The molecule has 94 valence electrons. The molecule has 6 heteroatoms. The van der Waals surface area contributed by atoms with Crippen molar-refractivity contribution in [1.82, 2.24) is 10.2 Å². The molecule has 1 aliphatic rings. The van der Waals surface area contributed by atoms with Gasteiger partial charge >= 0.3 is 0 Å². The normalized spacial score (nSPS) is 16.3. The van der Waals surface area contributed by atoms with Gasteiger partial charge in [0.15, 0.2) is 4.34 Å². The van der Waals surface area contributed by atoms with Crippen molar-refractivity contribution < 1.29 is 4.79 Å². The number of carbonyl (C=O) groups excluding carboxylic acids is 1. The number of anilines is 1. The zero-order chi connectivity index (χ0) is 12.1. The third kappa shape index (κ3) is 3.96. The maximum Gasteiger partial charge on any atom is 0.226 e. The van der Waals surface area contributed by atoms with Gasteiger partial charge in [-0.05, 0) is 18.6 Å². The van der Waals surface area contributed by atoms with Gasteiger partial charge < -0.3 is 5.32 Å². The molecule has 0 radical (unpaired) electrons. The van der Waals surface area contributed by atoms with E-state index in [-0.39, 0.29) is 5.91 Å². The summed E-state index contributed by atoms with van der Waals surface area (Å²) < 4.78 is 0.885. The van der Waals surface area contributed by atoms with Gasteiger partial charge in [0.1, 0.15) is 0 Å². The first-order valence-corrected chi connectivity index (χ1v) is 7.99. The lowest BCUT2D eigenvalue weighted by Crippen LogP contribution is -2.12. The first-order valence-electron chi connectivity index (χ1n) is 5.95. The highest BCUT2D eigenvalue weighted by Gasteiger charge is 2.16. The Morgan fingerprint density at radius 1 is 1.47 bits per heavy atom. The molecule has 1 heterocycles. The number of nitrogens with one attached hydrogen (secondary N) is 1. The average molecular weight is 271 g/mol. The molecule has 0 aromatic carbocycles. The van der Waals surface area contributed by atoms with E-state index in [9.17, 15) is 4.79 Å². The molecule has 1 aliphatic carbocycles. The van der Waals surface area contributed by atoms with E-state index in [4.69, 9.17) is 0 Å². The summed E-state index contributed by atoms with van der Waals surface area (Å²) in [4.78, 5) is 11.7. The summed E-state index contributed by atoms with van der Waals surface area (Å²) in [5.74, 6) is 0.831. The second-order valence-corrected chi connectivity index (χ2v) is 6.35. The summed E-state index contributed by atoms with van der Waals surface area (Å²) in [6.45, 7) is 0. The average Bonchev–Trinajstić information content (AvgIpc) is 2.97. The van der Waals surface area contributed by atoms with Crippen LogP contribution in [0.3, 0.4) is 0 Å². The fourth-order valence-corrected chi connectivity index (χ4v) is 3.34. The minimum absolute atomic E-state index is 0.0701. The second-order valence-electron chi connectivity index (χ2n) is 4.31. The molecule has 17 heavy (non-hydrogen) atoms. The van der Waals surface area contributed by atoms with E-state index in [1.54, 1.807) is 11.8 Å². The first-order chi connectivity index (χ1) is 8.28. The topological polar surface area (TPSA) is 54.9 Å². The summed E-state index contributed by atoms with van der Waals surface area (Å²) >= 11 is 2.97. The van der Waals surface area contributed by atoms with Crippen molar-refractivity contribution in [3.8, 4) is 0 Å². The van der Waals surface area contributed by atoms with Gasteiger partial charge in [0, 0.05) is 6.42 Å². The van der Waals surface area contributed by atoms with Gasteiger partial charge in [-0.1, -0.05) is 48.8 Å². The van der Waals surface area contributed by atoms with Crippen molar-refractivity contribution in [2.24, 2.45) is 5.92 Å². The third-order valence-electron chi connectivity index (χ3n) is 3.08. The molecule has 1 amide bonds. The highest BCUT2D eigenvalue weighted by molar-refractivity contribution is 8.00. The monoisotopic (exact) mass is 271 g/mol. The molecule has 4 nitrogen and oxygen atoms in total. The predicted octanol–water partition coefficient (Wildman–Crippen LogP) is 3.17. The van der Waals surface area contributed by atoms with Crippen molar-refractivity contribution >= 4 is 34.1 Å². The highest BCUT2D eigenvalue weighted by Crippen LogP contribution is 2.29. The van der Waals surface area contributed by atoms with Crippen LogP contribution in [0.5, 0.6) is 0 Å². The first kappa shape index (κ1) is 12.8. The Labute approximate surface area is 110 Å². The Hall–Kier alpha value is -0.620. The molecule has 1 aromatic rings. The van der Waals surface area contributed by atoms with Gasteiger partial charge in [-0.3, -0.25) is 4.79 Å². The van der Waals surface area contributed by atoms with E-state index in [0.717, 1.165) is 16.7 Å². The van der Waals surface area contributed by atoms with Gasteiger partial charge in [-0.25, -0.2) is 0 Å². The SMILES string of the molecule is CSc1nnc(NC(=O)CCC2CCCC2)s1. The van der Waals surface area contributed by atoms with Crippen molar-refractivity contribution in [2.75, 3.05) is 11.6 Å². The van der Waals surface area contributed by atoms with Crippen molar-refractivity contribution in [3.63, 3.8) is 0 Å². The smallest absolute Gasteiger partial charge is 0.226 e. The van der Waals surface area contributed by atoms with E-state index in [0.29, 0.717) is 11.6 Å². The fourth-order valence-electron chi connectivity index (χ4n) is 2.16. The summed E-state index contributed by atoms with van der Waals surface area (Å²) in [6.07, 6.45) is 8.83. The maximum absolute atomic E-state index is 11.7.